The summed E-state index contributed by atoms with van der Waals surface area (Å²) in [6.45, 7) is 0. The lowest BCUT2D eigenvalue weighted by Gasteiger charge is -2.10. The standard InChI is InChI=1S/C37H23N3S/c1-3-10-24(11-4-1)35-38-36(25-12-5-2-6-13-25)40-37(39-35)29-15-9-14-26(20-29)27-18-19-28-22-32-31-16-7-8-17-33(31)41-34(32)23-30(28)21-27/h1-23H. The van der Waals surface area contributed by atoms with E-state index in [9.17, 15) is 0 Å². The first-order valence-electron chi connectivity index (χ1n) is 13.6. The second-order valence-corrected chi connectivity index (χ2v) is 11.2. The van der Waals surface area contributed by atoms with Crippen LogP contribution in [0, 0.1) is 0 Å². The number of hydrogen-bond donors (Lipinski definition) is 0. The lowest BCUT2D eigenvalue weighted by molar-refractivity contribution is 1.07. The van der Waals surface area contributed by atoms with Crippen LogP contribution in [0.3, 0.4) is 0 Å². The van der Waals surface area contributed by atoms with E-state index in [2.05, 4.69) is 78.9 Å². The summed E-state index contributed by atoms with van der Waals surface area (Å²) in [7, 11) is 0. The molecular formula is C37H23N3S. The molecule has 41 heavy (non-hydrogen) atoms. The van der Waals surface area contributed by atoms with Gasteiger partial charge in [-0.2, -0.15) is 0 Å². The van der Waals surface area contributed by atoms with E-state index < -0.39 is 0 Å². The molecule has 3 nitrogen and oxygen atoms in total. The average Bonchev–Trinajstić information content (AvgIpc) is 3.41. The van der Waals surface area contributed by atoms with Crippen LogP contribution in [0.4, 0.5) is 0 Å². The molecule has 0 saturated heterocycles. The Bertz CT molecular complexity index is 2140. The van der Waals surface area contributed by atoms with Gasteiger partial charge in [-0.05, 0) is 52.2 Å². The molecule has 0 unspecified atom stereocenters. The number of aromatic nitrogens is 3. The summed E-state index contributed by atoms with van der Waals surface area (Å²) < 4.78 is 2.64. The number of rotatable bonds is 4. The molecule has 0 aliphatic heterocycles. The van der Waals surface area contributed by atoms with E-state index in [0.29, 0.717) is 17.5 Å². The third kappa shape index (κ3) is 4.35. The fourth-order valence-electron chi connectivity index (χ4n) is 5.42. The molecule has 2 heterocycles. The van der Waals surface area contributed by atoms with Crippen LogP contribution in [-0.4, -0.2) is 15.0 Å². The van der Waals surface area contributed by atoms with Crippen LogP contribution in [0.1, 0.15) is 0 Å². The molecule has 8 rings (SSSR count). The first kappa shape index (κ1) is 23.7. The summed E-state index contributed by atoms with van der Waals surface area (Å²) in [5, 5.41) is 5.14. The van der Waals surface area contributed by atoms with Crippen LogP contribution in [0.15, 0.2) is 140 Å². The molecule has 0 spiro atoms. The minimum absolute atomic E-state index is 0.660. The lowest BCUT2D eigenvalue weighted by atomic mass is 9.98. The highest BCUT2D eigenvalue weighted by Gasteiger charge is 2.13. The molecule has 8 aromatic rings. The molecule has 0 amide bonds. The molecule has 192 valence electrons. The number of nitrogens with zero attached hydrogens (tertiary/aromatic N) is 3. The first-order valence-corrected chi connectivity index (χ1v) is 14.4. The van der Waals surface area contributed by atoms with Crippen LogP contribution in [0.2, 0.25) is 0 Å². The second kappa shape index (κ2) is 9.77. The minimum atomic E-state index is 0.660. The molecule has 0 fully saturated rings. The van der Waals surface area contributed by atoms with Gasteiger partial charge in [0.15, 0.2) is 17.5 Å². The van der Waals surface area contributed by atoms with E-state index in [0.717, 1.165) is 22.3 Å². The van der Waals surface area contributed by atoms with E-state index in [1.165, 1.54) is 36.5 Å². The van der Waals surface area contributed by atoms with Gasteiger partial charge in [-0.3, -0.25) is 0 Å². The van der Waals surface area contributed by atoms with Gasteiger partial charge in [0.05, 0.1) is 0 Å². The number of benzene rings is 6. The minimum Gasteiger partial charge on any atom is -0.208 e. The summed E-state index contributed by atoms with van der Waals surface area (Å²) in [5.74, 6) is 1.99. The Kier molecular flexibility index (Phi) is 5.64. The maximum absolute atomic E-state index is 4.92. The molecule has 0 bridgehead atoms. The van der Waals surface area contributed by atoms with E-state index in [-0.39, 0.29) is 0 Å². The van der Waals surface area contributed by atoms with Gasteiger partial charge in [0.1, 0.15) is 0 Å². The zero-order chi connectivity index (χ0) is 27.2. The smallest absolute Gasteiger partial charge is 0.164 e. The average molecular weight is 542 g/mol. The van der Waals surface area contributed by atoms with Gasteiger partial charge in [0.25, 0.3) is 0 Å². The van der Waals surface area contributed by atoms with Crippen molar-refractivity contribution in [2.75, 3.05) is 0 Å². The Morgan fingerprint density at radius 1 is 0.341 bits per heavy atom. The Morgan fingerprint density at radius 3 is 1.66 bits per heavy atom. The second-order valence-electron chi connectivity index (χ2n) is 10.1. The molecule has 0 aliphatic carbocycles. The quantitative estimate of drug-likeness (QED) is 0.222. The fourth-order valence-corrected chi connectivity index (χ4v) is 6.56. The largest absolute Gasteiger partial charge is 0.208 e. The summed E-state index contributed by atoms with van der Waals surface area (Å²) in [6.07, 6.45) is 0. The number of thiophene rings is 1. The number of hydrogen-bond acceptors (Lipinski definition) is 4. The zero-order valence-electron chi connectivity index (χ0n) is 22.0. The maximum Gasteiger partial charge on any atom is 0.164 e. The van der Waals surface area contributed by atoms with Crippen LogP contribution < -0.4 is 0 Å². The predicted molar refractivity (Wildman–Crippen MR) is 172 cm³/mol. The van der Waals surface area contributed by atoms with Crippen molar-refractivity contribution in [2.24, 2.45) is 0 Å². The van der Waals surface area contributed by atoms with Gasteiger partial charge >= 0.3 is 0 Å². The van der Waals surface area contributed by atoms with Crippen molar-refractivity contribution in [3.05, 3.63) is 140 Å². The SMILES string of the molecule is c1ccc(-c2nc(-c3ccccc3)nc(-c3cccc(-c4ccc5cc6c(cc5c4)sc4ccccc46)c3)n2)cc1. The van der Waals surface area contributed by atoms with Crippen LogP contribution in [-0.2, 0) is 0 Å². The summed E-state index contributed by atoms with van der Waals surface area (Å²) in [6, 6.07) is 48.7. The van der Waals surface area contributed by atoms with Gasteiger partial charge in [-0.25, -0.2) is 15.0 Å². The first-order chi connectivity index (χ1) is 20.3. The normalized spacial score (nSPS) is 11.4. The third-order valence-electron chi connectivity index (χ3n) is 7.49. The van der Waals surface area contributed by atoms with Gasteiger partial charge in [-0.15, -0.1) is 11.3 Å². The van der Waals surface area contributed by atoms with Crippen LogP contribution in [0.25, 0.3) is 76.2 Å². The van der Waals surface area contributed by atoms with E-state index in [1.807, 2.05) is 72.0 Å². The van der Waals surface area contributed by atoms with E-state index in [4.69, 9.17) is 15.0 Å². The van der Waals surface area contributed by atoms with Gasteiger partial charge in [0.2, 0.25) is 0 Å². The summed E-state index contributed by atoms with van der Waals surface area (Å²) in [4.78, 5) is 14.7. The molecule has 0 radical (unpaired) electrons. The molecule has 0 saturated carbocycles. The van der Waals surface area contributed by atoms with E-state index in [1.54, 1.807) is 0 Å². The Hall–Kier alpha value is -5.19. The van der Waals surface area contributed by atoms with Crippen molar-refractivity contribution in [3.8, 4) is 45.3 Å². The highest BCUT2D eigenvalue weighted by molar-refractivity contribution is 7.25. The van der Waals surface area contributed by atoms with Crippen LogP contribution >= 0.6 is 11.3 Å². The molecule has 0 aliphatic rings. The molecule has 0 atom stereocenters. The van der Waals surface area contributed by atoms with Crippen molar-refractivity contribution < 1.29 is 0 Å². The highest BCUT2D eigenvalue weighted by atomic mass is 32.1. The van der Waals surface area contributed by atoms with Crippen molar-refractivity contribution in [1.29, 1.82) is 0 Å². The Morgan fingerprint density at radius 2 is 0.927 bits per heavy atom. The molecule has 6 aromatic carbocycles. The molecule has 4 heteroatoms. The molecular weight excluding hydrogens is 518 g/mol. The monoisotopic (exact) mass is 541 g/mol. The molecule has 2 aromatic heterocycles. The zero-order valence-corrected chi connectivity index (χ0v) is 22.8. The Labute approximate surface area is 241 Å². The third-order valence-corrected chi connectivity index (χ3v) is 8.62. The molecule has 0 N–H and O–H groups in total. The topological polar surface area (TPSA) is 38.7 Å². The maximum atomic E-state index is 4.92. The van der Waals surface area contributed by atoms with Gasteiger partial charge in [0, 0.05) is 36.9 Å². The van der Waals surface area contributed by atoms with Gasteiger partial charge in [-0.1, -0.05) is 109 Å². The Balaban J connectivity index is 1.24. The summed E-state index contributed by atoms with van der Waals surface area (Å²) >= 11 is 1.85. The highest BCUT2D eigenvalue weighted by Crippen LogP contribution is 2.37. The fraction of sp³-hybridized carbons (Fsp3) is 0. The van der Waals surface area contributed by atoms with Crippen molar-refractivity contribution >= 4 is 42.3 Å². The van der Waals surface area contributed by atoms with E-state index >= 15 is 0 Å². The number of fused-ring (bicyclic) bond motifs is 4. The van der Waals surface area contributed by atoms with Crippen molar-refractivity contribution in [2.45, 2.75) is 0 Å². The van der Waals surface area contributed by atoms with Crippen LogP contribution in [0.5, 0.6) is 0 Å². The predicted octanol–water partition coefficient (Wildman–Crippen LogP) is 10.1. The van der Waals surface area contributed by atoms with Crippen molar-refractivity contribution in [1.82, 2.24) is 15.0 Å². The lowest BCUT2D eigenvalue weighted by Crippen LogP contribution is -2.00. The van der Waals surface area contributed by atoms with Crippen molar-refractivity contribution in [3.63, 3.8) is 0 Å². The van der Waals surface area contributed by atoms with Gasteiger partial charge < -0.3 is 0 Å². The summed E-state index contributed by atoms with van der Waals surface area (Å²) in [5.41, 5.74) is 5.18.